The Morgan fingerprint density at radius 3 is 2.40 bits per heavy atom. The van der Waals surface area contributed by atoms with Crippen LogP contribution < -0.4 is 4.74 Å². The lowest BCUT2D eigenvalue weighted by molar-refractivity contribution is -0.386. The average molecular weight is 338 g/mol. The molecule has 0 aliphatic carbocycles. The molecule has 6 heteroatoms. The highest BCUT2D eigenvalue weighted by atomic mass is 79.9. The lowest BCUT2D eigenvalue weighted by atomic mass is 10.1. The van der Waals surface area contributed by atoms with Gasteiger partial charge in [0, 0.05) is 10.5 Å². The number of benzene rings is 2. The number of nitro groups is 1. The van der Waals surface area contributed by atoms with Crippen LogP contribution in [0.15, 0.2) is 46.9 Å². The summed E-state index contributed by atoms with van der Waals surface area (Å²) in [5.74, 6) is 0.226. The maximum Gasteiger partial charge on any atom is 0.312 e. The Balaban J connectivity index is 2.12. The van der Waals surface area contributed by atoms with Gasteiger partial charge in [-0.25, -0.2) is 0 Å². The van der Waals surface area contributed by atoms with Crippen molar-refractivity contribution in [2.75, 3.05) is 0 Å². The molecule has 0 aliphatic rings. The fourth-order valence-corrected chi connectivity index (χ4v) is 2.01. The Morgan fingerprint density at radius 1 is 1.15 bits per heavy atom. The molecular weight excluding hydrogens is 326 g/mol. The Hall–Kier alpha value is -1.92. The summed E-state index contributed by atoms with van der Waals surface area (Å²) < 4.78 is 6.12. The molecule has 0 amide bonds. The van der Waals surface area contributed by atoms with Crippen LogP contribution in [-0.4, -0.2) is 10.0 Å². The number of aliphatic hydroxyl groups is 1. The molecule has 0 aromatic heterocycles. The lowest BCUT2D eigenvalue weighted by Gasteiger charge is -2.07. The maximum atomic E-state index is 10.9. The van der Waals surface area contributed by atoms with E-state index in [2.05, 4.69) is 15.9 Å². The van der Waals surface area contributed by atoms with Crippen LogP contribution in [0, 0.1) is 10.1 Å². The van der Waals surface area contributed by atoms with Crippen LogP contribution in [0.1, 0.15) is 11.1 Å². The van der Waals surface area contributed by atoms with Crippen LogP contribution >= 0.6 is 15.9 Å². The first-order chi connectivity index (χ1) is 9.60. The number of rotatable bonds is 5. The van der Waals surface area contributed by atoms with E-state index in [4.69, 9.17) is 9.84 Å². The lowest BCUT2D eigenvalue weighted by Crippen LogP contribution is -1.99. The molecule has 104 valence electrons. The Kier molecular flexibility index (Phi) is 4.70. The van der Waals surface area contributed by atoms with Crippen molar-refractivity contribution in [2.24, 2.45) is 0 Å². The van der Waals surface area contributed by atoms with Gasteiger partial charge in [0.25, 0.3) is 0 Å². The van der Waals surface area contributed by atoms with Crippen molar-refractivity contribution < 1.29 is 14.8 Å². The zero-order chi connectivity index (χ0) is 14.5. The van der Waals surface area contributed by atoms with Gasteiger partial charge in [0.2, 0.25) is 0 Å². The van der Waals surface area contributed by atoms with E-state index in [1.54, 1.807) is 24.3 Å². The molecule has 0 spiro atoms. The molecule has 0 atom stereocenters. The summed E-state index contributed by atoms with van der Waals surface area (Å²) in [4.78, 5) is 10.5. The smallest absolute Gasteiger partial charge is 0.312 e. The van der Waals surface area contributed by atoms with Gasteiger partial charge in [0.05, 0.1) is 11.5 Å². The third-order valence-electron chi connectivity index (χ3n) is 2.72. The van der Waals surface area contributed by atoms with E-state index in [0.29, 0.717) is 4.47 Å². The van der Waals surface area contributed by atoms with Gasteiger partial charge in [-0.3, -0.25) is 10.1 Å². The second-order valence-electron chi connectivity index (χ2n) is 4.13. The standard InChI is InChI=1S/C14H12BrNO4/c15-12-5-6-14(13(7-12)16(18)19)20-9-11-3-1-10(8-17)2-4-11/h1-7,17H,8-9H2. The summed E-state index contributed by atoms with van der Waals surface area (Å²) in [6, 6.07) is 11.9. The Morgan fingerprint density at radius 2 is 1.80 bits per heavy atom. The fraction of sp³-hybridized carbons (Fsp3) is 0.143. The van der Waals surface area contributed by atoms with Gasteiger partial charge in [-0.2, -0.15) is 0 Å². The summed E-state index contributed by atoms with van der Waals surface area (Å²) in [6.07, 6.45) is 0. The summed E-state index contributed by atoms with van der Waals surface area (Å²) in [7, 11) is 0. The second-order valence-corrected chi connectivity index (χ2v) is 5.05. The van der Waals surface area contributed by atoms with Gasteiger partial charge >= 0.3 is 5.69 Å². The van der Waals surface area contributed by atoms with E-state index < -0.39 is 4.92 Å². The fourth-order valence-electron chi connectivity index (χ4n) is 1.66. The van der Waals surface area contributed by atoms with Crippen LogP contribution in [0.3, 0.4) is 0 Å². The summed E-state index contributed by atoms with van der Waals surface area (Å²) in [5.41, 5.74) is 1.61. The highest BCUT2D eigenvalue weighted by Gasteiger charge is 2.15. The molecule has 1 N–H and O–H groups in total. The van der Waals surface area contributed by atoms with Crippen molar-refractivity contribution in [2.45, 2.75) is 13.2 Å². The average Bonchev–Trinajstić information content (AvgIpc) is 2.46. The molecule has 0 saturated heterocycles. The van der Waals surface area contributed by atoms with Gasteiger partial charge < -0.3 is 9.84 Å². The van der Waals surface area contributed by atoms with Crippen molar-refractivity contribution in [3.63, 3.8) is 0 Å². The van der Waals surface area contributed by atoms with Gasteiger partial charge in [0.15, 0.2) is 5.75 Å². The molecule has 0 saturated carbocycles. The van der Waals surface area contributed by atoms with Crippen LogP contribution in [0.4, 0.5) is 5.69 Å². The van der Waals surface area contributed by atoms with Gasteiger partial charge in [-0.1, -0.05) is 40.2 Å². The third-order valence-corrected chi connectivity index (χ3v) is 3.21. The number of nitrogens with zero attached hydrogens (tertiary/aromatic N) is 1. The van der Waals surface area contributed by atoms with Gasteiger partial charge in [0.1, 0.15) is 6.61 Å². The molecule has 0 bridgehead atoms. The molecule has 2 aromatic rings. The van der Waals surface area contributed by atoms with E-state index in [-0.39, 0.29) is 24.7 Å². The number of nitro benzene ring substituents is 1. The van der Waals surface area contributed by atoms with E-state index in [0.717, 1.165) is 11.1 Å². The molecule has 5 nitrogen and oxygen atoms in total. The highest BCUT2D eigenvalue weighted by Crippen LogP contribution is 2.30. The molecule has 0 fully saturated rings. The van der Waals surface area contributed by atoms with Crippen LogP contribution in [0.2, 0.25) is 0 Å². The van der Waals surface area contributed by atoms with Crippen molar-refractivity contribution in [3.8, 4) is 5.75 Å². The number of hydrogen-bond donors (Lipinski definition) is 1. The molecule has 0 unspecified atom stereocenters. The monoisotopic (exact) mass is 337 g/mol. The third kappa shape index (κ3) is 3.55. The van der Waals surface area contributed by atoms with E-state index in [9.17, 15) is 10.1 Å². The second kappa shape index (κ2) is 6.49. The zero-order valence-electron chi connectivity index (χ0n) is 10.5. The van der Waals surface area contributed by atoms with Crippen molar-refractivity contribution in [1.29, 1.82) is 0 Å². The number of aliphatic hydroxyl groups excluding tert-OH is 1. The first kappa shape index (κ1) is 14.5. The molecule has 0 radical (unpaired) electrons. The van der Waals surface area contributed by atoms with E-state index in [1.165, 1.54) is 6.07 Å². The van der Waals surface area contributed by atoms with Crippen molar-refractivity contribution in [3.05, 3.63) is 68.2 Å². The number of ether oxygens (including phenoxy) is 1. The summed E-state index contributed by atoms with van der Waals surface area (Å²) in [6.45, 7) is 0.216. The highest BCUT2D eigenvalue weighted by molar-refractivity contribution is 9.10. The minimum atomic E-state index is -0.477. The van der Waals surface area contributed by atoms with Crippen molar-refractivity contribution >= 4 is 21.6 Å². The predicted molar refractivity (Wildman–Crippen MR) is 77.5 cm³/mol. The molecule has 0 aliphatic heterocycles. The van der Waals surface area contributed by atoms with Crippen molar-refractivity contribution in [1.82, 2.24) is 0 Å². The molecule has 20 heavy (non-hydrogen) atoms. The maximum absolute atomic E-state index is 10.9. The first-order valence-corrected chi connectivity index (χ1v) is 6.65. The topological polar surface area (TPSA) is 72.6 Å². The normalized spacial score (nSPS) is 10.3. The SMILES string of the molecule is O=[N+]([O-])c1cc(Br)ccc1OCc1ccc(CO)cc1. The van der Waals surface area contributed by atoms with Crippen LogP contribution in [0.5, 0.6) is 5.75 Å². The van der Waals surface area contributed by atoms with E-state index in [1.807, 2.05) is 12.1 Å². The minimum absolute atomic E-state index is 0.0146. The molecule has 2 rings (SSSR count). The van der Waals surface area contributed by atoms with E-state index >= 15 is 0 Å². The number of halogens is 1. The molecule has 2 aromatic carbocycles. The van der Waals surface area contributed by atoms with Gasteiger partial charge in [-0.05, 0) is 23.3 Å². The number of hydrogen-bond acceptors (Lipinski definition) is 4. The van der Waals surface area contributed by atoms with Crippen LogP contribution in [0.25, 0.3) is 0 Å². The first-order valence-electron chi connectivity index (χ1n) is 5.85. The summed E-state index contributed by atoms with van der Waals surface area (Å²) >= 11 is 3.19. The Bertz CT molecular complexity index is 613. The zero-order valence-corrected chi connectivity index (χ0v) is 12.0. The molecular formula is C14H12BrNO4. The quantitative estimate of drug-likeness (QED) is 0.670. The predicted octanol–water partition coefficient (Wildman–Crippen LogP) is 3.43. The molecule has 0 heterocycles. The largest absolute Gasteiger partial charge is 0.482 e. The van der Waals surface area contributed by atoms with Gasteiger partial charge in [-0.15, -0.1) is 0 Å². The van der Waals surface area contributed by atoms with Crippen LogP contribution in [-0.2, 0) is 13.2 Å². The summed E-state index contributed by atoms with van der Waals surface area (Å²) in [5, 5.41) is 19.9. The Labute approximate surface area is 124 Å². The minimum Gasteiger partial charge on any atom is -0.482 e.